The second-order valence-corrected chi connectivity index (χ2v) is 5.69. The number of hydrogen-bond acceptors (Lipinski definition) is 3. The number of carbonyl (C=O) groups excluding carboxylic acids is 2. The molecule has 2 heterocycles. The number of likely N-dealkylation sites (N-methyl/N-ethyl adjacent to an activating group) is 1. The molecule has 0 atom stereocenters. The van der Waals surface area contributed by atoms with E-state index in [2.05, 4.69) is 5.32 Å². The number of amides is 2. The number of thiocarbonyl (C=S) groups is 1. The molecular weight excluding hydrogens is 310 g/mol. The molecule has 1 aliphatic rings. The van der Waals surface area contributed by atoms with E-state index in [0.717, 1.165) is 16.9 Å². The fourth-order valence-electron chi connectivity index (χ4n) is 2.46. The number of rotatable bonds is 2. The van der Waals surface area contributed by atoms with E-state index in [1.165, 1.54) is 4.90 Å². The van der Waals surface area contributed by atoms with Gasteiger partial charge in [0.1, 0.15) is 5.57 Å². The Hall–Kier alpha value is -2.73. The number of hydrogen-bond donors (Lipinski definition) is 1. The van der Waals surface area contributed by atoms with Crippen molar-refractivity contribution in [2.75, 3.05) is 7.05 Å². The fourth-order valence-corrected chi connectivity index (χ4v) is 2.63. The van der Waals surface area contributed by atoms with E-state index >= 15 is 0 Å². The maximum absolute atomic E-state index is 12.2. The van der Waals surface area contributed by atoms with Crippen molar-refractivity contribution < 1.29 is 9.59 Å². The van der Waals surface area contributed by atoms with Crippen molar-refractivity contribution in [1.82, 2.24) is 14.8 Å². The molecule has 1 N–H and O–H groups in total. The Balaban J connectivity index is 1.99. The first-order valence-corrected chi connectivity index (χ1v) is 7.47. The molecular formula is C17H15N3O2S. The van der Waals surface area contributed by atoms with Gasteiger partial charge in [-0.2, -0.15) is 0 Å². The van der Waals surface area contributed by atoms with Crippen LogP contribution in [0.1, 0.15) is 11.3 Å². The number of nitrogens with one attached hydrogen (secondary N) is 1. The van der Waals surface area contributed by atoms with Gasteiger partial charge < -0.3 is 4.57 Å². The Labute approximate surface area is 139 Å². The monoisotopic (exact) mass is 325 g/mol. The Kier molecular flexibility index (Phi) is 3.83. The van der Waals surface area contributed by atoms with Crippen LogP contribution in [0.25, 0.3) is 11.8 Å². The minimum absolute atomic E-state index is 0.0753. The lowest BCUT2D eigenvalue weighted by molar-refractivity contribution is -0.128. The predicted octanol–water partition coefficient (Wildman–Crippen LogP) is 2.04. The summed E-state index contributed by atoms with van der Waals surface area (Å²) in [6.45, 7) is 1.97. The molecule has 0 bridgehead atoms. The Morgan fingerprint density at radius 2 is 1.87 bits per heavy atom. The molecule has 6 heteroatoms. The SMILES string of the molecule is Cc1cc(/C=C2/C(=O)NC(=S)N(C)C2=O)cn1-c1ccccc1. The van der Waals surface area contributed by atoms with Gasteiger partial charge in [0.05, 0.1) is 0 Å². The second kappa shape index (κ2) is 5.81. The first-order valence-electron chi connectivity index (χ1n) is 7.07. The fraction of sp³-hybridized carbons (Fsp3) is 0.118. The predicted molar refractivity (Wildman–Crippen MR) is 92.0 cm³/mol. The number of carbonyl (C=O) groups is 2. The van der Waals surface area contributed by atoms with Gasteiger partial charge in [-0.25, -0.2) is 0 Å². The lowest BCUT2D eigenvalue weighted by Gasteiger charge is -2.24. The zero-order chi connectivity index (χ0) is 16.6. The molecule has 1 aliphatic heterocycles. The minimum atomic E-state index is -0.469. The number of para-hydroxylation sites is 1. The molecule has 0 radical (unpaired) electrons. The molecule has 0 unspecified atom stereocenters. The average Bonchev–Trinajstić information content (AvgIpc) is 2.91. The van der Waals surface area contributed by atoms with Crippen molar-refractivity contribution in [2.45, 2.75) is 6.92 Å². The van der Waals surface area contributed by atoms with Crippen molar-refractivity contribution in [1.29, 1.82) is 0 Å². The van der Waals surface area contributed by atoms with Gasteiger partial charge in [0, 0.05) is 24.6 Å². The normalized spacial score (nSPS) is 16.9. The lowest BCUT2D eigenvalue weighted by atomic mass is 10.1. The van der Waals surface area contributed by atoms with E-state index in [1.54, 1.807) is 13.1 Å². The molecule has 1 aromatic carbocycles. The van der Waals surface area contributed by atoms with Gasteiger partial charge in [-0.1, -0.05) is 18.2 Å². The smallest absolute Gasteiger partial charge is 0.265 e. The van der Waals surface area contributed by atoms with Crippen molar-refractivity contribution in [3.8, 4) is 5.69 Å². The summed E-state index contributed by atoms with van der Waals surface area (Å²) in [6, 6.07) is 11.8. The van der Waals surface area contributed by atoms with Crippen LogP contribution in [0, 0.1) is 6.92 Å². The molecule has 0 aliphatic carbocycles. The third-order valence-corrected chi connectivity index (χ3v) is 4.06. The van der Waals surface area contributed by atoms with E-state index in [-0.39, 0.29) is 10.7 Å². The van der Waals surface area contributed by atoms with Crippen molar-refractivity contribution in [3.05, 3.63) is 59.4 Å². The standard InChI is InChI=1S/C17H15N3O2S/c1-11-8-12(10-20(11)13-6-4-3-5-7-13)9-14-15(21)18-17(23)19(2)16(14)22/h3-10H,1-2H3,(H,18,21,23)/b14-9-. The summed E-state index contributed by atoms with van der Waals surface area (Å²) in [5.74, 6) is -0.868. The van der Waals surface area contributed by atoms with E-state index in [4.69, 9.17) is 12.2 Å². The van der Waals surface area contributed by atoms with Crippen LogP contribution in [0.4, 0.5) is 0 Å². The van der Waals surface area contributed by atoms with Gasteiger partial charge in [-0.15, -0.1) is 0 Å². The van der Waals surface area contributed by atoms with Gasteiger partial charge in [-0.05, 0) is 49.0 Å². The number of aromatic nitrogens is 1. The molecule has 23 heavy (non-hydrogen) atoms. The molecule has 1 saturated heterocycles. The van der Waals surface area contributed by atoms with E-state index in [1.807, 2.05) is 54.1 Å². The van der Waals surface area contributed by atoms with Gasteiger partial charge in [-0.3, -0.25) is 19.8 Å². The summed E-state index contributed by atoms with van der Waals surface area (Å²) >= 11 is 4.93. The van der Waals surface area contributed by atoms with E-state index in [9.17, 15) is 9.59 Å². The summed E-state index contributed by atoms with van der Waals surface area (Å²) < 4.78 is 2.01. The molecule has 1 fully saturated rings. The van der Waals surface area contributed by atoms with Crippen molar-refractivity contribution in [3.63, 3.8) is 0 Å². The van der Waals surface area contributed by atoms with Gasteiger partial charge in [0.2, 0.25) is 0 Å². The lowest BCUT2D eigenvalue weighted by Crippen LogP contribution is -2.52. The average molecular weight is 325 g/mol. The Morgan fingerprint density at radius 3 is 2.57 bits per heavy atom. The maximum atomic E-state index is 12.2. The van der Waals surface area contributed by atoms with Gasteiger partial charge in [0.15, 0.2) is 5.11 Å². The minimum Gasteiger partial charge on any atom is -0.321 e. The molecule has 116 valence electrons. The molecule has 1 aromatic heterocycles. The molecule has 0 spiro atoms. The first-order chi connectivity index (χ1) is 11.0. The zero-order valence-corrected chi connectivity index (χ0v) is 13.6. The molecule has 5 nitrogen and oxygen atoms in total. The molecule has 3 rings (SSSR count). The van der Waals surface area contributed by atoms with Crippen LogP contribution in [0.15, 0.2) is 48.2 Å². The van der Waals surface area contributed by atoms with Crippen LogP contribution in [0.3, 0.4) is 0 Å². The van der Waals surface area contributed by atoms with Crippen LogP contribution in [0.5, 0.6) is 0 Å². The molecule has 0 saturated carbocycles. The number of aryl methyl sites for hydroxylation is 1. The highest BCUT2D eigenvalue weighted by molar-refractivity contribution is 7.80. The van der Waals surface area contributed by atoms with Crippen molar-refractivity contribution in [2.24, 2.45) is 0 Å². The highest BCUT2D eigenvalue weighted by Gasteiger charge is 2.30. The summed E-state index contributed by atoms with van der Waals surface area (Å²) in [5, 5.41) is 2.63. The van der Waals surface area contributed by atoms with Crippen LogP contribution >= 0.6 is 12.2 Å². The molecule has 2 amide bonds. The third kappa shape index (κ3) is 2.80. The van der Waals surface area contributed by atoms with Crippen LogP contribution in [-0.2, 0) is 9.59 Å². The van der Waals surface area contributed by atoms with Crippen LogP contribution < -0.4 is 5.32 Å². The van der Waals surface area contributed by atoms with Crippen LogP contribution in [-0.4, -0.2) is 33.4 Å². The second-order valence-electron chi connectivity index (χ2n) is 5.30. The van der Waals surface area contributed by atoms with Crippen LogP contribution in [0.2, 0.25) is 0 Å². The summed E-state index contributed by atoms with van der Waals surface area (Å²) in [7, 11) is 1.54. The largest absolute Gasteiger partial charge is 0.321 e. The van der Waals surface area contributed by atoms with E-state index in [0.29, 0.717) is 0 Å². The highest BCUT2D eigenvalue weighted by Crippen LogP contribution is 2.19. The van der Waals surface area contributed by atoms with Gasteiger partial charge >= 0.3 is 0 Å². The molecule has 2 aromatic rings. The zero-order valence-electron chi connectivity index (χ0n) is 12.7. The number of benzene rings is 1. The van der Waals surface area contributed by atoms with E-state index < -0.39 is 11.8 Å². The number of nitrogens with zero attached hydrogens (tertiary/aromatic N) is 2. The summed E-state index contributed by atoms with van der Waals surface area (Å²) in [6.07, 6.45) is 3.48. The third-order valence-electron chi connectivity index (χ3n) is 3.68. The van der Waals surface area contributed by atoms with Crippen molar-refractivity contribution >= 4 is 35.2 Å². The quantitative estimate of drug-likeness (QED) is 0.522. The van der Waals surface area contributed by atoms with Gasteiger partial charge in [0.25, 0.3) is 11.8 Å². The Bertz CT molecular complexity index is 837. The highest BCUT2D eigenvalue weighted by atomic mass is 32.1. The maximum Gasteiger partial charge on any atom is 0.265 e. The summed E-state index contributed by atoms with van der Waals surface area (Å²) in [5.41, 5.74) is 2.89. The topological polar surface area (TPSA) is 54.3 Å². The summed E-state index contributed by atoms with van der Waals surface area (Å²) in [4.78, 5) is 25.5. The Morgan fingerprint density at radius 1 is 1.17 bits per heavy atom. The first kappa shape index (κ1) is 15.2.